The fraction of sp³-hybridized carbons (Fsp3) is 1.00. The van der Waals surface area contributed by atoms with Crippen molar-refractivity contribution in [2.75, 3.05) is 13.2 Å². The normalized spacial score (nSPS) is 48.2. The molecule has 0 amide bonds. The monoisotopic (exact) mass is 209 g/mol. The van der Waals surface area contributed by atoms with Crippen LogP contribution in [0.4, 0.5) is 0 Å². The molecule has 1 saturated heterocycles. The molecule has 0 aromatic rings. The van der Waals surface area contributed by atoms with E-state index in [4.69, 9.17) is 4.74 Å². The minimum absolute atomic E-state index is 0.489. The van der Waals surface area contributed by atoms with Gasteiger partial charge in [-0.3, -0.25) is 0 Å². The smallest absolute Gasteiger partial charge is 0.0643 e. The predicted molar refractivity (Wildman–Crippen MR) is 60.8 cm³/mol. The number of rotatable bonds is 2. The van der Waals surface area contributed by atoms with Gasteiger partial charge < -0.3 is 10.1 Å². The highest BCUT2D eigenvalue weighted by Crippen LogP contribution is 2.62. The van der Waals surface area contributed by atoms with Gasteiger partial charge in [0.25, 0.3) is 0 Å². The zero-order valence-corrected chi connectivity index (χ0v) is 10.2. The summed E-state index contributed by atoms with van der Waals surface area (Å²) in [7, 11) is 0. The number of nitrogens with one attached hydrogen (secondary N) is 1. The van der Waals surface area contributed by atoms with Gasteiger partial charge in [0.15, 0.2) is 0 Å². The van der Waals surface area contributed by atoms with Gasteiger partial charge in [0.1, 0.15) is 0 Å². The van der Waals surface area contributed by atoms with Gasteiger partial charge in [-0.2, -0.15) is 0 Å². The minimum atomic E-state index is 0.489. The van der Waals surface area contributed by atoms with Crippen LogP contribution in [0.15, 0.2) is 0 Å². The average molecular weight is 209 g/mol. The van der Waals surface area contributed by atoms with E-state index in [9.17, 15) is 0 Å². The second-order valence-corrected chi connectivity index (χ2v) is 6.75. The van der Waals surface area contributed by atoms with Crippen LogP contribution in [0.25, 0.3) is 0 Å². The SMILES string of the molecule is CC12CCC(C1)C(C)(C)C2NC1COC1. The van der Waals surface area contributed by atoms with Crippen molar-refractivity contribution in [2.45, 2.75) is 52.1 Å². The van der Waals surface area contributed by atoms with Gasteiger partial charge in [-0.05, 0) is 36.0 Å². The number of fused-ring (bicyclic) bond motifs is 2. The lowest BCUT2D eigenvalue weighted by Gasteiger charge is -2.46. The summed E-state index contributed by atoms with van der Waals surface area (Å²) >= 11 is 0. The summed E-state index contributed by atoms with van der Waals surface area (Å²) in [6, 6.07) is 1.34. The average Bonchev–Trinajstić information content (AvgIpc) is 2.52. The summed E-state index contributed by atoms with van der Waals surface area (Å²) in [6.07, 6.45) is 4.31. The van der Waals surface area contributed by atoms with E-state index < -0.39 is 0 Å². The van der Waals surface area contributed by atoms with Crippen molar-refractivity contribution >= 4 is 0 Å². The molecule has 2 saturated carbocycles. The number of hydrogen-bond donors (Lipinski definition) is 1. The van der Waals surface area contributed by atoms with Gasteiger partial charge in [0, 0.05) is 6.04 Å². The summed E-state index contributed by atoms with van der Waals surface area (Å²) in [5.74, 6) is 0.945. The fourth-order valence-electron chi connectivity index (χ4n) is 4.29. The number of ether oxygens (including phenoxy) is 1. The molecule has 1 N–H and O–H groups in total. The number of hydrogen-bond acceptors (Lipinski definition) is 2. The molecule has 2 heteroatoms. The van der Waals surface area contributed by atoms with Gasteiger partial charge in [0.2, 0.25) is 0 Å². The molecule has 0 aromatic carbocycles. The van der Waals surface area contributed by atoms with Crippen LogP contribution < -0.4 is 5.32 Å². The lowest BCUT2D eigenvalue weighted by atomic mass is 9.68. The van der Waals surface area contributed by atoms with Crippen molar-refractivity contribution in [3.63, 3.8) is 0 Å². The summed E-state index contributed by atoms with van der Waals surface area (Å²) in [4.78, 5) is 0. The quantitative estimate of drug-likeness (QED) is 0.752. The molecule has 3 atom stereocenters. The van der Waals surface area contributed by atoms with Crippen LogP contribution >= 0.6 is 0 Å². The Morgan fingerprint density at radius 1 is 1.20 bits per heavy atom. The van der Waals surface area contributed by atoms with Gasteiger partial charge >= 0.3 is 0 Å². The maximum Gasteiger partial charge on any atom is 0.0643 e. The first kappa shape index (κ1) is 10.1. The van der Waals surface area contributed by atoms with Crippen molar-refractivity contribution in [3.8, 4) is 0 Å². The summed E-state index contributed by atoms with van der Waals surface area (Å²) in [5.41, 5.74) is 1.05. The standard InChI is InChI=1S/C13H23NO/c1-12(2)9-4-5-13(3,6-9)11(12)14-10-7-15-8-10/h9-11,14H,4-8H2,1-3H3. The zero-order valence-electron chi connectivity index (χ0n) is 10.2. The lowest BCUT2D eigenvalue weighted by molar-refractivity contribution is -0.0303. The molecule has 1 heterocycles. The van der Waals surface area contributed by atoms with Crippen molar-refractivity contribution in [1.29, 1.82) is 0 Å². The highest BCUT2D eigenvalue weighted by atomic mass is 16.5. The largest absolute Gasteiger partial charge is 0.378 e. The van der Waals surface area contributed by atoms with E-state index in [1.54, 1.807) is 0 Å². The highest BCUT2D eigenvalue weighted by molar-refractivity contribution is 5.12. The van der Waals surface area contributed by atoms with Gasteiger partial charge in [-0.15, -0.1) is 0 Å². The Balaban J connectivity index is 1.79. The topological polar surface area (TPSA) is 21.3 Å². The van der Waals surface area contributed by atoms with E-state index in [0.717, 1.165) is 19.1 Å². The summed E-state index contributed by atoms with van der Waals surface area (Å²) in [5, 5.41) is 3.85. The molecule has 2 aliphatic carbocycles. The molecule has 3 unspecified atom stereocenters. The van der Waals surface area contributed by atoms with E-state index in [-0.39, 0.29) is 0 Å². The van der Waals surface area contributed by atoms with E-state index in [1.165, 1.54) is 19.3 Å². The molecule has 86 valence electrons. The third-order valence-electron chi connectivity index (χ3n) is 5.31. The van der Waals surface area contributed by atoms with Crippen LogP contribution in [0.1, 0.15) is 40.0 Å². The van der Waals surface area contributed by atoms with Gasteiger partial charge in [-0.25, -0.2) is 0 Å². The minimum Gasteiger partial charge on any atom is -0.378 e. The Hall–Kier alpha value is -0.0800. The van der Waals surface area contributed by atoms with Gasteiger partial charge in [0.05, 0.1) is 19.3 Å². The molecule has 2 bridgehead atoms. The van der Waals surface area contributed by atoms with E-state index >= 15 is 0 Å². The second-order valence-electron chi connectivity index (χ2n) is 6.75. The first-order valence-electron chi connectivity index (χ1n) is 6.36. The molecular formula is C13H23NO. The molecule has 2 nitrogen and oxygen atoms in total. The maximum absolute atomic E-state index is 5.26. The summed E-state index contributed by atoms with van der Waals surface area (Å²) < 4.78 is 5.26. The van der Waals surface area contributed by atoms with Gasteiger partial charge in [-0.1, -0.05) is 20.8 Å². The van der Waals surface area contributed by atoms with Crippen LogP contribution in [-0.4, -0.2) is 25.3 Å². The molecule has 1 aliphatic heterocycles. The Bertz CT molecular complexity index is 267. The van der Waals surface area contributed by atoms with Crippen LogP contribution in [-0.2, 0) is 4.74 Å². The van der Waals surface area contributed by atoms with Crippen molar-refractivity contribution < 1.29 is 4.74 Å². The van der Waals surface area contributed by atoms with Crippen LogP contribution in [0.3, 0.4) is 0 Å². The zero-order chi connectivity index (χ0) is 10.7. The van der Waals surface area contributed by atoms with Crippen molar-refractivity contribution in [2.24, 2.45) is 16.7 Å². The van der Waals surface area contributed by atoms with E-state index in [0.29, 0.717) is 22.9 Å². The molecule has 0 spiro atoms. The first-order valence-corrected chi connectivity index (χ1v) is 6.36. The highest BCUT2D eigenvalue weighted by Gasteiger charge is 2.59. The van der Waals surface area contributed by atoms with E-state index in [2.05, 4.69) is 26.1 Å². The van der Waals surface area contributed by atoms with Crippen LogP contribution in [0.5, 0.6) is 0 Å². The Kier molecular flexibility index (Phi) is 2.01. The van der Waals surface area contributed by atoms with Crippen molar-refractivity contribution in [1.82, 2.24) is 5.32 Å². The fourth-order valence-corrected chi connectivity index (χ4v) is 4.29. The molecule has 0 aromatic heterocycles. The predicted octanol–water partition coefficient (Wildman–Crippen LogP) is 2.19. The Labute approximate surface area is 92.8 Å². The molecule has 3 aliphatic rings. The molecule has 15 heavy (non-hydrogen) atoms. The molecule has 0 radical (unpaired) electrons. The second kappa shape index (κ2) is 2.98. The third-order valence-corrected chi connectivity index (χ3v) is 5.31. The molecule has 3 fully saturated rings. The van der Waals surface area contributed by atoms with Crippen LogP contribution in [0.2, 0.25) is 0 Å². The van der Waals surface area contributed by atoms with Crippen molar-refractivity contribution in [3.05, 3.63) is 0 Å². The Morgan fingerprint density at radius 3 is 2.40 bits per heavy atom. The molecule has 3 rings (SSSR count). The van der Waals surface area contributed by atoms with Crippen LogP contribution in [0, 0.1) is 16.7 Å². The molecular weight excluding hydrogens is 186 g/mol. The van der Waals surface area contributed by atoms with E-state index in [1.807, 2.05) is 0 Å². The maximum atomic E-state index is 5.26. The Morgan fingerprint density at radius 2 is 1.93 bits per heavy atom. The third kappa shape index (κ3) is 1.31. The summed E-state index contributed by atoms with van der Waals surface area (Å²) in [6.45, 7) is 9.25. The first-order chi connectivity index (χ1) is 7.02. The lowest BCUT2D eigenvalue weighted by Crippen LogP contribution is -2.58.